The maximum atomic E-state index is 11.6. The highest BCUT2D eigenvalue weighted by Gasteiger charge is 2.22. The highest BCUT2D eigenvalue weighted by atomic mass is 16.5. The Morgan fingerprint density at radius 2 is 2.53 bits per heavy atom. The van der Waals surface area contributed by atoms with Crippen LogP contribution >= 0.6 is 0 Å². The van der Waals surface area contributed by atoms with Gasteiger partial charge in [-0.3, -0.25) is 4.79 Å². The molecule has 15 heavy (non-hydrogen) atoms. The van der Waals surface area contributed by atoms with Gasteiger partial charge in [0.2, 0.25) is 12.3 Å². The molecule has 0 radical (unpaired) electrons. The lowest BCUT2D eigenvalue weighted by Crippen LogP contribution is -2.30. The largest absolute Gasteiger partial charge is 0.348 e. The van der Waals surface area contributed by atoms with Crippen molar-refractivity contribution in [2.45, 2.75) is 19.0 Å². The molecule has 0 bridgehead atoms. The van der Waals surface area contributed by atoms with Gasteiger partial charge in [-0.05, 0) is 6.42 Å². The standard InChI is InChI=1S/C9H12N4O2/c10-7-2-1-6(3-7)9(14)11-4-8-12-5-15-13-8/h1-2,5-7H,3-4,10H2,(H,11,14). The fourth-order valence-electron chi connectivity index (χ4n) is 1.49. The lowest BCUT2D eigenvalue weighted by Gasteiger charge is -2.08. The molecule has 1 aliphatic rings. The van der Waals surface area contributed by atoms with Crippen LogP contribution in [0.4, 0.5) is 0 Å². The first-order chi connectivity index (χ1) is 7.25. The van der Waals surface area contributed by atoms with Crippen molar-refractivity contribution in [3.63, 3.8) is 0 Å². The Bertz CT molecular complexity index is 360. The lowest BCUT2D eigenvalue weighted by atomic mass is 10.1. The third-order valence-corrected chi connectivity index (χ3v) is 2.28. The minimum Gasteiger partial charge on any atom is -0.348 e. The van der Waals surface area contributed by atoms with Gasteiger partial charge < -0.3 is 15.6 Å². The summed E-state index contributed by atoms with van der Waals surface area (Å²) in [6.07, 6.45) is 5.57. The number of hydrogen-bond donors (Lipinski definition) is 2. The molecule has 6 heteroatoms. The summed E-state index contributed by atoms with van der Waals surface area (Å²) >= 11 is 0. The molecule has 1 aliphatic carbocycles. The van der Waals surface area contributed by atoms with E-state index in [1.165, 1.54) is 6.39 Å². The molecule has 0 spiro atoms. The Hall–Kier alpha value is -1.69. The van der Waals surface area contributed by atoms with Crippen LogP contribution in [0, 0.1) is 5.92 Å². The summed E-state index contributed by atoms with van der Waals surface area (Å²) in [6.45, 7) is 0.287. The van der Waals surface area contributed by atoms with Gasteiger partial charge >= 0.3 is 0 Å². The number of aromatic nitrogens is 2. The van der Waals surface area contributed by atoms with Crippen LogP contribution < -0.4 is 11.1 Å². The van der Waals surface area contributed by atoms with E-state index in [1.54, 1.807) is 0 Å². The number of carbonyl (C=O) groups is 1. The molecule has 1 aromatic rings. The highest BCUT2D eigenvalue weighted by molar-refractivity contribution is 5.80. The van der Waals surface area contributed by atoms with Crippen LogP contribution in [0.3, 0.4) is 0 Å². The lowest BCUT2D eigenvalue weighted by molar-refractivity contribution is -0.123. The van der Waals surface area contributed by atoms with E-state index in [1.807, 2.05) is 12.2 Å². The number of nitrogens with two attached hydrogens (primary N) is 1. The van der Waals surface area contributed by atoms with Crippen molar-refractivity contribution in [3.8, 4) is 0 Å². The van der Waals surface area contributed by atoms with Gasteiger partial charge in [-0.15, -0.1) is 0 Å². The van der Waals surface area contributed by atoms with Crippen LogP contribution in [0.5, 0.6) is 0 Å². The summed E-state index contributed by atoms with van der Waals surface area (Å²) in [5.74, 6) is 0.283. The van der Waals surface area contributed by atoms with Gasteiger partial charge in [0.05, 0.1) is 12.5 Å². The molecule has 2 atom stereocenters. The maximum absolute atomic E-state index is 11.6. The van der Waals surface area contributed by atoms with Crippen LogP contribution in [0.25, 0.3) is 0 Å². The molecule has 1 aromatic heterocycles. The minimum atomic E-state index is -0.132. The summed E-state index contributed by atoms with van der Waals surface area (Å²) in [5.41, 5.74) is 5.65. The molecule has 0 saturated heterocycles. The third kappa shape index (κ3) is 2.41. The van der Waals surface area contributed by atoms with Crippen molar-refractivity contribution < 1.29 is 9.32 Å². The summed E-state index contributed by atoms with van der Waals surface area (Å²) in [6, 6.07) is -0.00840. The van der Waals surface area contributed by atoms with E-state index in [4.69, 9.17) is 5.73 Å². The molecular formula is C9H12N4O2. The number of nitrogens with one attached hydrogen (secondary N) is 1. The zero-order chi connectivity index (χ0) is 10.7. The maximum Gasteiger partial charge on any atom is 0.227 e. The van der Waals surface area contributed by atoms with E-state index < -0.39 is 0 Å². The molecule has 80 valence electrons. The molecule has 0 aliphatic heterocycles. The van der Waals surface area contributed by atoms with Crippen LogP contribution in [0.15, 0.2) is 23.1 Å². The van der Waals surface area contributed by atoms with Gasteiger partial charge in [0.25, 0.3) is 0 Å². The Labute approximate surface area is 86.5 Å². The van der Waals surface area contributed by atoms with E-state index in [0.29, 0.717) is 12.2 Å². The first-order valence-electron chi connectivity index (χ1n) is 4.72. The quantitative estimate of drug-likeness (QED) is 0.658. The van der Waals surface area contributed by atoms with Crippen molar-refractivity contribution in [1.29, 1.82) is 0 Å². The number of hydrogen-bond acceptors (Lipinski definition) is 5. The molecule has 2 unspecified atom stereocenters. The first-order valence-corrected chi connectivity index (χ1v) is 4.72. The van der Waals surface area contributed by atoms with E-state index in [2.05, 4.69) is 20.0 Å². The van der Waals surface area contributed by atoms with E-state index in [0.717, 1.165) is 0 Å². The van der Waals surface area contributed by atoms with Crippen molar-refractivity contribution in [3.05, 3.63) is 24.4 Å². The third-order valence-electron chi connectivity index (χ3n) is 2.28. The zero-order valence-corrected chi connectivity index (χ0v) is 8.09. The number of nitrogens with zero attached hydrogens (tertiary/aromatic N) is 2. The predicted octanol–water partition coefficient (Wildman–Crippen LogP) is -0.411. The topological polar surface area (TPSA) is 94.0 Å². The fraction of sp³-hybridized carbons (Fsp3) is 0.444. The van der Waals surface area contributed by atoms with Gasteiger partial charge in [0.1, 0.15) is 0 Å². The summed E-state index contributed by atoms with van der Waals surface area (Å²) in [7, 11) is 0. The molecule has 0 saturated carbocycles. The second-order valence-corrected chi connectivity index (χ2v) is 3.46. The van der Waals surface area contributed by atoms with Crippen LogP contribution in [0.2, 0.25) is 0 Å². The molecule has 0 fully saturated rings. The Kier molecular flexibility index (Phi) is 2.77. The molecule has 6 nitrogen and oxygen atoms in total. The molecule has 0 aromatic carbocycles. The smallest absolute Gasteiger partial charge is 0.227 e. The summed E-state index contributed by atoms with van der Waals surface area (Å²) in [5, 5.41) is 6.30. The SMILES string of the molecule is NC1C=CC(C(=O)NCc2ncon2)C1. The van der Waals surface area contributed by atoms with Gasteiger partial charge in [-0.25, -0.2) is 0 Å². The number of carbonyl (C=O) groups excluding carboxylic acids is 1. The Balaban J connectivity index is 1.81. The molecule has 3 N–H and O–H groups in total. The molecule has 2 rings (SSSR count). The van der Waals surface area contributed by atoms with Gasteiger partial charge in [0.15, 0.2) is 5.82 Å². The molecule has 1 amide bonds. The van der Waals surface area contributed by atoms with Crippen LogP contribution in [-0.2, 0) is 11.3 Å². The van der Waals surface area contributed by atoms with E-state index >= 15 is 0 Å². The van der Waals surface area contributed by atoms with Gasteiger partial charge in [0, 0.05) is 6.04 Å². The fourth-order valence-corrected chi connectivity index (χ4v) is 1.49. The predicted molar refractivity (Wildman–Crippen MR) is 51.4 cm³/mol. The normalized spacial score (nSPS) is 24.3. The van der Waals surface area contributed by atoms with Crippen molar-refractivity contribution in [1.82, 2.24) is 15.5 Å². The average molecular weight is 208 g/mol. The first kappa shape index (κ1) is 9.85. The monoisotopic (exact) mass is 208 g/mol. The van der Waals surface area contributed by atoms with Gasteiger partial charge in [-0.2, -0.15) is 4.98 Å². The average Bonchev–Trinajstić information content (AvgIpc) is 2.84. The number of rotatable bonds is 3. The van der Waals surface area contributed by atoms with E-state index in [-0.39, 0.29) is 24.4 Å². The zero-order valence-electron chi connectivity index (χ0n) is 8.09. The number of amides is 1. The van der Waals surface area contributed by atoms with Crippen LogP contribution in [-0.4, -0.2) is 22.1 Å². The highest BCUT2D eigenvalue weighted by Crippen LogP contribution is 2.16. The van der Waals surface area contributed by atoms with E-state index in [9.17, 15) is 4.79 Å². The summed E-state index contributed by atoms with van der Waals surface area (Å²) in [4.78, 5) is 15.4. The minimum absolute atomic E-state index is 0.00840. The summed E-state index contributed by atoms with van der Waals surface area (Å²) < 4.78 is 4.54. The second-order valence-electron chi connectivity index (χ2n) is 3.46. The Morgan fingerprint density at radius 3 is 3.13 bits per heavy atom. The Morgan fingerprint density at radius 1 is 1.67 bits per heavy atom. The molecule has 1 heterocycles. The van der Waals surface area contributed by atoms with Gasteiger partial charge in [-0.1, -0.05) is 17.3 Å². The van der Waals surface area contributed by atoms with Crippen LogP contribution in [0.1, 0.15) is 12.2 Å². The molecular weight excluding hydrogens is 196 g/mol. The van der Waals surface area contributed by atoms with Crippen molar-refractivity contribution in [2.24, 2.45) is 11.7 Å². The van der Waals surface area contributed by atoms with Crippen molar-refractivity contribution in [2.75, 3.05) is 0 Å². The van der Waals surface area contributed by atoms with Crippen molar-refractivity contribution >= 4 is 5.91 Å². The second kappa shape index (κ2) is 4.22.